The Balaban J connectivity index is 1.57. The Morgan fingerprint density at radius 3 is 2.39 bits per heavy atom. The maximum atomic E-state index is 13.8. The maximum absolute atomic E-state index is 13.8. The summed E-state index contributed by atoms with van der Waals surface area (Å²) in [5.41, 5.74) is 0.885. The van der Waals surface area contributed by atoms with Crippen molar-refractivity contribution in [2.75, 3.05) is 11.9 Å². The van der Waals surface area contributed by atoms with E-state index in [0.29, 0.717) is 10.2 Å². The molecule has 0 aliphatic rings. The topological polar surface area (TPSA) is 84.5 Å². The molecule has 0 saturated heterocycles. The van der Waals surface area contributed by atoms with Crippen LogP contribution in [-0.4, -0.2) is 20.9 Å². The smallest absolute Gasteiger partial charge is 0.262 e. The largest absolute Gasteiger partial charge is 0.484 e. The van der Waals surface area contributed by atoms with E-state index in [1.54, 1.807) is 13.0 Å². The van der Waals surface area contributed by atoms with Crippen LogP contribution in [0.15, 0.2) is 82.2 Å². The molecule has 2 N–H and O–H groups in total. The van der Waals surface area contributed by atoms with Gasteiger partial charge < -0.3 is 10.1 Å². The average molecular weight is 507 g/mol. The number of nitrogens with one attached hydrogen (secondary N) is 2. The lowest BCUT2D eigenvalue weighted by Gasteiger charge is -2.15. The van der Waals surface area contributed by atoms with Gasteiger partial charge in [-0.15, -0.1) is 0 Å². The van der Waals surface area contributed by atoms with Crippen LogP contribution in [-0.2, 0) is 14.8 Å². The van der Waals surface area contributed by atoms with Crippen molar-refractivity contribution >= 4 is 37.5 Å². The number of ether oxygens (including phenoxy) is 1. The summed E-state index contributed by atoms with van der Waals surface area (Å²) in [5, 5.41) is 2.41. The highest BCUT2D eigenvalue weighted by Crippen LogP contribution is 2.21. The Bertz CT molecular complexity index is 1160. The van der Waals surface area contributed by atoms with Crippen LogP contribution >= 0.6 is 15.9 Å². The number of amides is 1. The van der Waals surface area contributed by atoms with Crippen LogP contribution in [0.4, 0.5) is 10.1 Å². The highest BCUT2D eigenvalue weighted by molar-refractivity contribution is 9.10. The Morgan fingerprint density at radius 1 is 1.06 bits per heavy atom. The molecule has 0 bridgehead atoms. The predicted octanol–water partition coefficient (Wildman–Crippen LogP) is 4.65. The molecule has 3 aromatic rings. The number of rotatable bonds is 8. The number of hydrogen-bond acceptors (Lipinski definition) is 4. The molecular formula is C22H20BrFN2O4S. The van der Waals surface area contributed by atoms with Gasteiger partial charge in [0.1, 0.15) is 11.6 Å². The standard InChI is InChI=1S/C22H20BrFN2O4S/c1-15(16-5-3-2-4-6-16)26-31(28,29)19-10-8-18(9-11-19)30-14-22(27)25-21-12-7-17(23)13-20(21)24/h2-13,15,26H,14H2,1H3,(H,25,27)/t15-/m0/s1. The summed E-state index contributed by atoms with van der Waals surface area (Å²) in [6.07, 6.45) is 0. The fraction of sp³-hybridized carbons (Fsp3) is 0.136. The Hall–Kier alpha value is -2.75. The van der Waals surface area contributed by atoms with Gasteiger partial charge in [0.05, 0.1) is 10.6 Å². The Morgan fingerprint density at radius 2 is 1.74 bits per heavy atom. The second-order valence-corrected chi connectivity index (χ2v) is 9.32. The molecule has 1 atom stereocenters. The quantitative estimate of drug-likeness (QED) is 0.465. The summed E-state index contributed by atoms with van der Waals surface area (Å²) in [6, 6.07) is 18.8. The van der Waals surface area contributed by atoms with Crippen molar-refractivity contribution in [1.82, 2.24) is 4.72 Å². The number of anilines is 1. The maximum Gasteiger partial charge on any atom is 0.262 e. The second-order valence-electron chi connectivity index (χ2n) is 6.69. The first kappa shape index (κ1) is 22.9. The van der Waals surface area contributed by atoms with Crippen molar-refractivity contribution in [2.45, 2.75) is 17.9 Å². The van der Waals surface area contributed by atoms with E-state index in [4.69, 9.17) is 4.74 Å². The molecule has 0 heterocycles. The Kier molecular flexibility index (Phi) is 7.42. The zero-order valence-corrected chi connectivity index (χ0v) is 18.9. The minimum absolute atomic E-state index is 0.0388. The van der Waals surface area contributed by atoms with E-state index in [-0.39, 0.29) is 17.2 Å². The molecule has 3 rings (SSSR count). The molecule has 0 saturated carbocycles. The van der Waals surface area contributed by atoms with Crippen LogP contribution in [0.25, 0.3) is 0 Å². The molecule has 0 aliphatic carbocycles. The number of benzene rings is 3. The first-order valence-corrected chi connectivity index (χ1v) is 11.6. The zero-order valence-electron chi connectivity index (χ0n) is 16.5. The summed E-state index contributed by atoms with van der Waals surface area (Å²) in [5.74, 6) is -0.813. The normalized spacial score (nSPS) is 12.2. The first-order chi connectivity index (χ1) is 14.7. The van der Waals surface area contributed by atoms with Gasteiger partial charge in [0.2, 0.25) is 10.0 Å². The van der Waals surface area contributed by atoms with Crippen LogP contribution in [0.5, 0.6) is 5.75 Å². The fourth-order valence-electron chi connectivity index (χ4n) is 2.75. The average Bonchev–Trinajstić information content (AvgIpc) is 2.75. The third-order valence-electron chi connectivity index (χ3n) is 4.34. The summed E-state index contributed by atoms with van der Waals surface area (Å²) in [4.78, 5) is 12.1. The van der Waals surface area contributed by atoms with Gasteiger partial charge in [-0.1, -0.05) is 46.3 Å². The van der Waals surface area contributed by atoms with Crippen molar-refractivity contribution in [1.29, 1.82) is 0 Å². The van der Waals surface area contributed by atoms with Crippen LogP contribution in [0, 0.1) is 5.82 Å². The second kappa shape index (κ2) is 10.0. The van der Waals surface area contributed by atoms with Crippen molar-refractivity contribution in [3.63, 3.8) is 0 Å². The molecule has 0 spiro atoms. The molecule has 0 aromatic heterocycles. The Labute approximate surface area is 188 Å². The van der Waals surface area contributed by atoms with E-state index >= 15 is 0 Å². The number of carbonyl (C=O) groups is 1. The lowest BCUT2D eigenvalue weighted by Crippen LogP contribution is -2.26. The van der Waals surface area contributed by atoms with E-state index in [0.717, 1.165) is 5.56 Å². The lowest BCUT2D eigenvalue weighted by atomic mass is 10.1. The third-order valence-corrected chi connectivity index (χ3v) is 6.39. The van der Waals surface area contributed by atoms with E-state index < -0.39 is 27.8 Å². The number of sulfonamides is 1. The van der Waals surface area contributed by atoms with Crippen molar-refractivity contribution in [3.8, 4) is 5.75 Å². The number of carbonyl (C=O) groups excluding carboxylic acids is 1. The van der Waals surface area contributed by atoms with Gasteiger partial charge in [-0.25, -0.2) is 17.5 Å². The zero-order chi connectivity index (χ0) is 22.4. The molecule has 0 aliphatic heterocycles. The molecule has 0 radical (unpaired) electrons. The monoisotopic (exact) mass is 506 g/mol. The molecule has 9 heteroatoms. The van der Waals surface area contributed by atoms with E-state index in [1.807, 2.05) is 30.3 Å². The molecule has 3 aromatic carbocycles. The van der Waals surface area contributed by atoms with Crippen LogP contribution < -0.4 is 14.8 Å². The third kappa shape index (κ3) is 6.36. The first-order valence-electron chi connectivity index (χ1n) is 9.29. The molecule has 162 valence electrons. The molecule has 1 amide bonds. The van der Waals surface area contributed by atoms with E-state index in [2.05, 4.69) is 26.0 Å². The number of halogens is 2. The van der Waals surface area contributed by atoms with Crippen molar-refractivity contribution in [3.05, 3.63) is 88.6 Å². The molecule has 31 heavy (non-hydrogen) atoms. The van der Waals surface area contributed by atoms with E-state index in [9.17, 15) is 17.6 Å². The van der Waals surface area contributed by atoms with Gasteiger partial charge in [-0.2, -0.15) is 0 Å². The fourth-order valence-corrected chi connectivity index (χ4v) is 4.32. The van der Waals surface area contributed by atoms with Gasteiger partial charge in [0, 0.05) is 10.5 Å². The SMILES string of the molecule is C[C@H](NS(=O)(=O)c1ccc(OCC(=O)Nc2ccc(Br)cc2F)cc1)c1ccccc1. The van der Waals surface area contributed by atoms with Gasteiger partial charge in [-0.3, -0.25) is 4.79 Å². The highest BCUT2D eigenvalue weighted by Gasteiger charge is 2.18. The number of hydrogen-bond donors (Lipinski definition) is 2. The highest BCUT2D eigenvalue weighted by atomic mass is 79.9. The summed E-state index contributed by atoms with van der Waals surface area (Å²) >= 11 is 3.14. The van der Waals surface area contributed by atoms with Gasteiger partial charge in [0.25, 0.3) is 5.91 Å². The minimum atomic E-state index is -3.74. The van der Waals surface area contributed by atoms with Crippen LogP contribution in [0.1, 0.15) is 18.5 Å². The van der Waals surface area contributed by atoms with Gasteiger partial charge in [0.15, 0.2) is 6.61 Å². The van der Waals surface area contributed by atoms with Crippen molar-refractivity contribution < 1.29 is 22.3 Å². The summed E-state index contributed by atoms with van der Waals surface area (Å²) in [6.45, 7) is 1.40. The van der Waals surface area contributed by atoms with Crippen LogP contribution in [0.3, 0.4) is 0 Å². The van der Waals surface area contributed by atoms with Gasteiger partial charge in [-0.05, 0) is 55.0 Å². The molecule has 6 nitrogen and oxygen atoms in total. The minimum Gasteiger partial charge on any atom is -0.484 e. The van der Waals surface area contributed by atoms with Crippen molar-refractivity contribution in [2.24, 2.45) is 0 Å². The predicted molar refractivity (Wildman–Crippen MR) is 120 cm³/mol. The van der Waals surface area contributed by atoms with Crippen LogP contribution in [0.2, 0.25) is 0 Å². The molecule has 0 unspecified atom stereocenters. The summed E-state index contributed by atoms with van der Waals surface area (Å²) in [7, 11) is -3.74. The molecule has 0 fully saturated rings. The van der Waals surface area contributed by atoms with Gasteiger partial charge >= 0.3 is 0 Å². The summed E-state index contributed by atoms with van der Waals surface area (Å²) < 4.78 is 47.5. The lowest BCUT2D eigenvalue weighted by molar-refractivity contribution is -0.118. The van der Waals surface area contributed by atoms with E-state index in [1.165, 1.54) is 36.4 Å². The molecular weight excluding hydrogens is 487 g/mol.